The molecule has 2 aromatic heterocycles. The van der Waals surface area contributed by atoms with Gasteiger partial charge >= 0.3 is 5.69 Å². The molecule has 0 amide bonds. The average Bonchev–Trinajstić information content (AvgIpc) is 2.94. The molecule has 0 spiro atoms. The summed E-state index contributed by atoms with van der Waals surface area (Å²) in [4.78, 5) is 16.4. The summed E-state index contributed by atoms with van der Waals surface area (Å²) in [5.41, 5.74) is 3.13. The van der Waals surface area contributed by atoms with E-state index in [2.05, 4.69) is 15.3 Å². The van der Waals surface area contributed by atoms with Crippen molar-refractivity contribution in [1.82, 2.24) is 24.4 Å². The number of nitrogens with zero attached hydrogens (tertiary/aromatic N) is 5. The number of benzene rings is 1. The second kappa shape index (κ2) is 6.15. The van der Waals surface area contributed by atoms with E-state index in [4.69, 9.17) is 0 Å². The highest BCUT2D eigenvalue weighted by atomic mass is 32.2. The molecule has 0 N–H and O–H groups in total. The molecule has 3 rings (SSSR count). The second-order valence-corrected chi connectivity index (χ2v) is 5.69. The van der Waals surface area contributed by atoms with Crippen LogP contribution in [0.3, 0.4) is 0 Å². The van der Waals surface area contributed by atoms with Crippen molar-refractivity contribution in [2.24, 2.45) is 0 Å². The van der Waals surface area contributed by atoms with Crippen LogP contribution in [-0.2, 0) is 5.88 Å². The van der Waals surface area contributed by atoms with Crippen LogP contribution in [0.1, 0.15) is 16.8 Å². The third-order valence-electron chi connectivity index (χ3n) is 3.21. The highest BCUT2D eigenvalue weighted by Crippen LogP contribution is 2.10. The Morgan fingerprint density at radius 2 is 2.00 bits per heavy atom. The zero-order valence-electron chi connectivity index (χ0n) is 12.3. The molecule has 0 radical (unpaired) electrons. The Kier molecular flexibility index (Phi) is 4.06. The summed E-state index contributed by atoms with van der Waals surface area (Å²) >= 11 is 1.51. The number of thioether (sulfide) groups is 1. The molecule has 0 saturated carbocycles. The van der Waals surface area contributed by atoms with Crippen molar-refractivity contribution in [3.05, 3.63) is 57.9 Å². The van der Waals surface area contributed by atoms with Crippen LogP contribution in [0.15, 0.2) is 35.4 Å². The number of rotatable bonds is 4. The third kappa shape index (κ3) is 2.80. The molecule has 0 aliphatic carbocycles. The summed E-state index contributed by atoms with van der Waals surface area (Å²) in [5.74, 6) is 0.467. The predicted octanol–water partition coefficient (Wildman–Crippen LogP) is 2.09. The molecule has 1 aromatic carbocycles. The zero-order chi connectivity index (χ0) is 15.5. The molecular formula is C15H15N5OS. The first-order valence-corrected chi connectivity index (χ1v) is 8.13. The van der Waals surface area contributed by atoms with E-state index in [9.17, 15) is 4.79 Å². The van der Waals surface area contributed by atoms with Gasteiger partial charge in [0.25, 0.3) is 0 Å². The minimum Gasteiger partial charge on any atom is -0.245 e. The Morgan fingerprint density at radius 1 is 1.23 bits per heavy atom. The summed E-state index contributed by atoms with van der Waals surface area (Å²) in [6.45, 7) is 2.05. The van der Waals surface area contributed by atoms with Gasteiger partial charge in [0.1, 0.15) is 12.0 Å². The molecule has 22 heavy (non-hydrogen) atoms. The Bertz CT molecular complexity index is 879. The molecular weight excluding hydrogens is 298 g/mol. The molecule has 3 aromatic rings. The third-order valence-corrected chi connectivity index (χ3v) is 3.71. The van der Waals surface area contributed by atoms with E-state index < -0.39 is 0 Å². The van der Waals surface area contributed by atoms with Gasteiger partial charge in [0.2, 0.25) is 0 Å². The summed E-state index contributed by atoms with van der Waals surface area (Å²) in [5, 5.41) is 8.03. The molecule has 7 heteroatoms. The maximum atomic E-state index is 12.2. The first kappa shape index (κ1) is 14.5. The van der Waals surface area contributed by atoms with Gasteiger partial charge in [-0.15, -0.1) is 16.9 Å². The second-order valence-electron chi connectivity index (χ2n) is 4.86. The predicted molar refractivity (Wildman–Crippen MR) is 88.7 cm³/mol. The van der Waals surface area contributed by atoms with Gasteiger partial charge in [0.15, 0.2) is 5.65 Å². The molecule has 6 nitrogen and oxygen atoms in total. The molecule has 112 valence electrons. The van der Waals surface area contributed by atoms with Crippen molar-refractivity contribution in [2.45, 2.75) is 12.8 Å². The largest absolute Gasteiger partial charge is 0.353 e. The van der Waals surface area contributed by atoms with Crippen molar-refractivity contribution < 1.29 is 0 Å². The molecule has 0 aliphatic heterocycles. The van der Waals surface area contributed by atoms with E-state index in [1.54, 1.807) is 0 Å². The van der Waals surface area contributed by atoms with Crippen molar-refractivity contribution in [1.29, 1.82) is 0 Å². The first-order chi connectivity index (χ1) is 10.7. The van der Waals surface area contributed by atoms with Gasteiger partial charge in [0, 0.05) is 0 Å². The van der Waals surface area contributed by atoms with Crippen molar-refractivity contribution in [2.75, 3.05) is 6.26 Å². The van der Waals surface area contributed by atoms with Gasteiger partial charge in [-0.2, -0.15) is 4.68 Å². The minimum atomic E-state index is -0.234. The van der Waals surface area contributed by atoms with Gasteiger partial charge in [-0.25, -0.2) is 14.2 Å². The van der Waals surface area contributed by atoms with Crippen LogP contribution in [0, 0.1) is 6.92 Å². The fraction of sp³-hybridized carbons (Fsp3) is 0.200. The number of aryl methyl sites for hydroxylation is 1. The number of imidazole rings is 1. The summed E-state index contributed by atoms with van der Waals surface area (Å²) < 4.78 is 2.73. The van der Waals surface area contributed by atoms with E-state index in [-0.39, 0.29) is 5.69 Å². The van der Waals surface area contributed by atoms with E-state index in [1.807, 2.05) is 49.6 Å². The Labute approximate surface area is 131 Å². The van der Waals surface area contributed by atoms with Crippen molar-refractivity contribution in [3.63, 3.8) is 0 Å². The number of aromatic nitrogens is 5. The first-order valence-electron chi connectivity index (χ1n) is 6.73. The van der Waals surface area contributed by atoms with Crippen LogP contribution < -0.4 is 5.69 Å². The summed E-state index contributed by atoms with van der Waals surface area (Å²) in [7, 11) is 0. The van der Waals surface area contributed by atoms with E-state index >= 15 is 0 Å². The standard InChI is InChI=1S/C15H15N5OS/c1-11-3-5-12(6-4-11)7-8-13-14-17-18-20(10-22-2)15(21)19(14)9-16-13/h3-9H,10H2,1-2H3. The lowest BCUT2D eigenvalue weighted by Gasteiger charge is -2.00. The lowest BCUT2D eigenvalue weighted by atomic mass is 10.1. The number of fused-ring (bicyclic) bond motifs is 1. The van der Waals surface area contributed by atoms with Crippen LogP contribution >= 0.6 is 11.8 Å². The van der Waals surface area contributed by atoms with Gasteiger partial charge in [0.05, 0.1) is 5.88 Å². The lowest BCUT2D eigenvalue weighted by molar-refractivity contribution is 0.598. The summed E-state index contributed by atoms with van der Waals surface area (Å²) in [6, 6.07) is 8.15. The normalized spacial score (nSPS) is 11.5. The molecule has 2 heterocycles. The maximum Gasteiger partial charge on any atom is 0.353 e. The Morgan fingerprint density at radius 3 is 2.73 bits per heavy atom. The molecule has 0 unspecified atom stereocenters. The quantitative estimate of drug-likeness (QED) is 0.738. The highest BCUT2D eigenvalue weighted by molar-refractivity contribution is 7.97. The van der Waals surface area contributed by atoms with Gasteiger partial charge < -0.3 is 0 Å². The van der Waals surface area contributed by atoms with Gasteiger partial charge in [-0.1, -0.05) is 41.1 Å². The maximum absolute atomic E-state index is 12.2. The van der Waals surface area contributed by atoms with Gasteiger partial charge in [-0.3, -0.25) is 0 Å². The molecule has 0 atom stereocenters. The monoisotopic (exact) mass is 313 g/mol. The van der Waals surface area contributed by atoms with Crippen LogP contribution in [0.25, 0.3) is 17.8 Å². The van der Waals surface area contributed by atoms with Crippen molar-refractivity contribution in [3.8, 4) is 0 Å². The molecule has 0 saturated heterocycles. The van der Waals surface area contributed by atoms with E-state index in [1.165, 1.54) is 32.7 Å². The Hall–Kier alpha value is -2.41. The smallest absolute Gasteiger partial charge is 0.245 e. The van der Waals surface area contributed by atoms with Crippen LogP contribution in [0.2, 0.25) is 0 Å². The molecule has 0 bridgehead atoms. The van der Waals surface area contributed by atoms with Crippen LogP contribution in [0.5, 0.6) is 0 Å². The van der Waals surface area contributed by atoms with Crippen LogP contribution in [0.4, 0.5) is 0 Å². The van der Waals surface area contributed by atoms with Crippen LogP contribution in [-0.4, -0.2) is 30.6 Å². The molecule has 0 fully saturated rings. The topological polar surface area (TPSA) is 65.1 Å². The van der Waals surface area contributed by atoms with E-state index in [0.717, 1.165) is 5.56 Å². The average molecular weight is 313 g/mol. The SMILES string of the molecule is CSCn1nnc2c(C=Cc3ccc(C)cc3)ncn2c1=O. The fourth-order valence-electron chi connectivity index (χ4n) is 2.03. The van der Waals surface area contributed by atoms with E-state index in [0.29, 0.717) is 17.2 Å². The molecule has 0 aliphatic rings. The minimum absolute atomic E-state index is 0.234. The number of hydrogen-bond acceptors (Lipinski definition) is 5. The highest BCUT2D eigenvalue weighted by Gasteiger charge is 2.08. The van der Waals surface area contributed by atoms with Crippen molar-refractivity contribution >= 4 is 29.6 Å². The lowest BCUT2D eigenvalue weighted by Crippen LogP contribution is -2.28. The summed E-state index contributed by atoms with van der Waals surface area (Å²) in [6.07, 6.45) is 7.17. The fourth-order valence-corrected chi connectivity index (χ4v) is 2.43. The Balaban J connectivity index is 1.97. The zero-order valence-corrected chi connectivity index (χ0v) is 13.1. The number of hydrogen-bond donors (Lipinski definition) is 0. The van der Waals surface area contributed by atoms with Gasteiger partial charge in [-0.05, 0) is 24.8 Å².